The van der Waals surface area contributed by atoms with Crippen LogP contribution in [0.4, 0.5) is 51.2 Å². The molecule has 0 spiro atoms. The van der Waals surface area contributed by atoms with Crippen molar-refractivity contribution in [3.8, 4) is 61.3 Å². The highest BCUT2D eigenvalue weighted by Gasteiger charge is 2.46. The highest BCUT2D eigenvalue weighted by Crippen LogP contribution is 2.56. The van der Waals surface area contributed by atoms with E-state index in [0.29, 0.717) is 0 Å². The van der Waals surface area contributed by atoms with Crippen molar-refractivity contribution < 1.29 is 0 Å². The standard InChI is InChI=1S/C82H59BN4/c1-82(2,3)60-41-36-56(37-42-60)57-38-43-63(44-39-57)85-77-51-64(84(61-26-12-6-13-27-61)62-28-14-7-15-29-62)45-46-72(77)83-73-50-59(55-24-10-5-11-25-55)49-71-67-31-17-16-30-66(67)70-48-58(54-22-8-4-9-23-54)40-47-76(70)87(81(71)73)79-53-65(52-78(85)80(79)83)86-74-34-20-18-32-68(74)69-33-19-21-35-75(69)86/h4-53H,1-3H3. The van der Waals surface area contributed by atoms with Gasteiger partial charge in [-0.15, -0.1) is 0 Å². The fraction of sp³-hybridized carbons (Fsp3) is 0.0488. The lowest BCUT2D eigenvalue weighted by Crippen LogP contribution is -2.61. The van der Waals surface area contributed by atoms with Crippen molar-refractivity contribution in [2.75, 3.05) is 14.7 Å². The molecule has 0 saturated carbocycles. The summed E-state index contributed by atoms with van der Waals surface area (Å²) in [6.07, 6.45) is 0. The number of hydrogen-bond donors (Lipinski definition) is 0. The lowest BCUT2D eigenvalue weighted by molar-refractivity contribution is 0.590. The highest BCUT2D eigenvalue weighted by molar-refractivity contribution is 7.00. The third-order valence-electron chi connectivity index (χ3n) is 18.4. The van der Waals surface area contributed by atoms with Crippen LogP contribution in [-0.2, 0) is 5.41 Å². The average Bonchev–Trinajstić information content (AvgIpc) is 1.97. The smallest absolute Gasteiger partial charge is 0.252 e. The maximum atomic E-state index is 2.66. The Morgan fingerprint density at radius 1 is 0.310 bits per heavy atom. The average molecular weight is 1110 g/mol. The van der Waals surface area contributed by atoms with Gasteiger partial charge in [-0.05, 0) is 163 Å². The third-order valence-corrected chi connectivity index (χ3v) is 18.4. The molecule has 13 aromatic carbocycles. The first-order valence-corrected chi connectivity index (χ1v) is 30.4. The van der Waals surface area contributed by atoms with Gasteiger partial charge in [0.2, 0.25) is 0 Å². The second-order valence-corrected chi connectivity index (χ2v) is 24.5. The van der Waals surface area contributed by atoms with Crippen molar-refractivity contribution in [1.82, 2.24) is 4.57 Å². The van der Waals surface area contributed by atoms with Crippen LogP contribution in [-0.4, -0.2) is 11.3 Å². The molecule has 0 radical (unpaired) electrons. The van der Waals surface area contributed by atoms with E-state index in [4.69, 9.17) is 0 Å². The lowest BCUT2D eigenvalue weighted by atomic mass is 9.33. The molecule has 87 heavy (non-hydrogen) atoms. The first-order valence-electron chi connectivity index (χ1n) is 30.4. The van der Waals surface area contributed by atoms with Gasteiger partial charge in [0.25, 0.3) is 6.71 Å². The Bertz CT molecular complexity index is 4920. The molecule has 0 bridgehead atoms. The molecule has 0 fully saturated rings. The zero-order valence-corrected chi connectivity index (χ0v) is 48.7. The summed E-state index contributed by atoms with van der Waals surface area (Å²) < 4.78 is 2.51. The summed E-state index contributed by atoms with van der Waals surface area (Å²) in [6, 6.07) is 113. The Morgan fingerprint density at radius 2 is 0.805 bits per heavy atom. The summed E-state index contributed by atoms with van der Waals surface area (Å²) in [5.74, 6) is 0. The molecule has 4 nitrogen and oxygen atoms in total. The number of anilines is 9. The van der Waals surface area contributed by atoms with Crippen molar-refractivity contribution in [1.29, 1.82) is 0 Å². The number of fused-ring (bicyclic) bond motifs is 12. The number of rotatable bonds is 8. The number of benzene rings is 13. The topological polar surface area (TPSA) is 14.7 Å². The number of aromatic nitrogens is 1. The van der Waals surface area contributed by atoms with E-state index in [1.807, 2.05) is 0 Å². The van der Waals surface area contributed by atoms with E-state index in [0.717, 1.165) is 62.2 Å². The minimum absolute atomic E-state index is 0.0555. The molecular weight excluding hydrogens is 1050 g/mol. The molecule has 0 N–H and O–H groups in total. The zero-order chi connectivity index (χ0) is 57.9. The van der Waals surface area contributed by atoms with Crippen LogP contribution in [0.2, 0.25) is 0 Å². The normalized spacial score (nSPS) is 12.7. The summed E-state index contributed by atoms with van der Waals surface area (Å²) in [5.41, 5.74) is 30.6. The van der Waals surface area contributed by atoms with Gasteiger partial charge in [0.1, 0.15) is 0 Å². The van der Waals surface area contributed by atoms with Crippen LogP contribution in [0.15, 0.2) is 303 Å². The summed E-state index contributed by atoms with van der Waals surface area (Å²) in [4.78, 5) is 7.65. The molecule has 14 aromatic rings. The zero-order valence-electron chi connectivity index (χ0n) is 48.7. The van der Waals surface area contributed by atoms with Gasteiger partial charge in [0, 0.05) is 67.4 Å². The van der Waals surface area contributed by atoms with Crippen molar-refractivity contribution in [3.05, 3.63) is 309 Å². The summed E-state index contributed by atoms with van der Waals surface area (Å²) in [6.45, 7) is 6.66. The molecule has 0 aliphatic carbocycles. The molecular formula is C82H59BN4. The molecule has 3 aliphatic rings. The maximum absolute atomic E-state index is 2.66. The SMILES string of the molecule is CC(C)(C)c1ccc(-c2ccc(N3c4cc(N(c5ccccc5)c5ccccc5)ccc4B4c5cc(-c6ccccc6)cc6c5N(c5ccc(-c7ccccc7)cc5-c5ccccc5-6)c5cc(-n6c7ccccc7c7ccccc76)cc3c54)cc2)cc1. The van der Waals surface area contributed by atoms with Gasteiger partial charge >= 0.3 is 0 Å². The summed E-state index contributed by atoms with van der Waals surface area (Å²) in [5, 5.41) is 2.45. The van der Waals surface area contributed by atoms with E-state index >= 15 is 0 Å². The van der Waals surface area contributed by atoms with Gasteiger partial charge in [0.05, 0.1) is 22.4 Å². The quantitative estimate of drug-likeness (QED) is 0.141. The number of para-hydroxylation sites is 4. The largest absolute Gasteiger partial charge is 0.311 e. The van der Waals surface area contributed by atoms with Gasteiger partial charge in [-0.2, -0.15) is 0 Å². The molecule has 0 atom stereocenters. The van der Waals surface area contributed by atoms with Crippen LogP contribution < -0.4 is 31.1 Å². The van der Waals surface area contributed by atoms with Crippen LogP contribution in [0.5, 0.6) is 0 Å². The van der Waals surface area contributed by atoms with Gasteiger partial charge < -0.3 is 19.3 Å². The Hall–Kier alpha value is -10.9. The molecule has 0 amide bonds. The first-order chi connectivity index (χ1) is 42.8. The van der Waals surface area contributed by atoms with Crippen LogP contribution in [0, 0.1) is 0 Å². The van der Waals surface area contributed by atoms with Crippen molar-refractivity contribution in [2.24, 2.45) is 0 Å². The molecule has 17 rings (SSSR count). The molecule has 1 aromatic heterocycles. The first kappa shape index (κ1) is 50.6. The minimum atomic E-state index is -0.184. The predicted molar refractivity (Wildman–Crippen MR) is 369 cm³/mol. The molecule has 4 heterocycles. The Morgan fingerprint density at radius 3 is 1.41 bits per heavy atom. The number of hydrogen-bond acceptors (Lipinski definition) is 3. The fourth-order valence-corrected chi connectivity index (χ4v) is 14.4. The van der Waals surface area contributed by atoms with Crippen molar-refractivity contribution in [2.45, 2.75) is 26.2 Å². The van der Waals surface area contributed by atoms with Crippen LogP contribution in [0.3, 0.4) is 0 Å². The van der Waals surface area contributed by atoms with Crippen molar-refractivity contribution in [3.63, 3.8) is 0 Å². The van der Waals surface area contributed by atoms with E-state index < -0.39 is 0 Å². The monoisotopic (exact) mass is 1110 g/mol. The van der Waals surface area contributed by atoms with E-state index in [-0.39, 0.29) is 12.1 Å². The second kappa shape index (κ2) is 19.9. The van der Waals surface area contributed by atoms with Crippen LogP contribution in [0.1, 0.15) is 26.3 Å². The molecule has 5 heteroatoms. The second-order valence-electron chi connectivity index (χ2n) is 24.5. The maximum Gasteiger partial charge on any atom is 0.252 e. The van der Waals surface area contributed by atoms with E-state index in [9.17, 15) is 0 Å². The Balaban J connectivity index is 1.01. The van der Waals surface area contributed by atoms with Crippen LogP contribution >= 0.6 is 0 Å². The van der Waals surface area contributed by atoms with Gasteiger partial charge in [-0.25, -0.2) is 0 Å². The van der Waals surface area contributed by atoms with Gasteiger partial charge in [-0.1, -0.05) is 233 Å². The lowest BCUT2D eigenvalue weighted by Gasteiger charge is -2.45. The molecule has 410 valence electrons. The third kappa shape index (κ3) is 8.14. The van der Waals surface area contributed by atoms with Gasteiger partial charge in [-0.3, -0.25) is 0 Å². The van der Waals surface area contributed by atoms with E-state index in [1.54, 1.807) is 0 Å². The molecule has 0 saturated heterocycles. The summed E-state index contributed by atoms with van der Waals surface area (Å²) in [7, 11) is 0. The summed E-state index contributed by atoms with van der Waals surface area (Å²) >= 11 is 0. The van der Waals surface area contributed by atoms with E-state index in [1.165, 1.54) is 94.0 Å². The molecule has 3 aliphatic heterocycles. The Kier molecular flexibility index (Phi) is 11.6. The van der Waals surface area contributed by atoms with Crippen molar-refractivity contribution >= 4 is 96.1 Å². The Labute approximate surface area is 508 Å². The van der Waals surface area contributed by atoms with E-state index in [2.05, 4.69) is 343 Å². The molecule has 0 unspecified atom stereocenters. The number of nitrogens with zero attached hydrogens (tertiary/aromatic N) is 4. The van der Waals surface area contributed by atoms with Gasteiger partial charge in [0.15, 0.2) is 0 Å². The minimum Gasteiger partial charge on any atom is -0.311 e. The predicted octanol–water partition coefficient (Wildman–Crippen LogP) is 20.3. The van der Waals surface area contributed by atoms with Crippen LogP contribution in [0.25, 0.3) is 83.1 Å². The fourth-order valence-electron chi connectivity index (χ4n) is 14.4. The highest BCUT2D eigenvalue weighted by atomic mass is 15.2.